The van der Waals surface area contributed by atoms with Crippen molar-refractivity contribution < 1.29 is 8.95 Å². The van der Waals surface area contributed by atoms with Gasteiger partial charge in [-0.25, -0.2) is 8.93 Å². The molecule has 1 saturated carbocycles. The molecule has 0 radical (unpaired) electrons. The lowest BCUT2D eigenvalue weighted by molar-refractivity contribution is 0.302. The Kier molecular flexibility index (Phi) is 5.98. The van der Waals surface area contributed by atoms with Crippen LogP contribution in [0.2, 0.25) is 5.02 Å². The maximum atomic E-state index is 12.7. The van der Waals surface area contributed by atoms with Crippen molar-refractivity contribution in [2.24, 2.45) is 0 Å². The van der Waals surface area contributed by atoms with Crippen LogP contribution < -0.4 is 9.46 Å². The van der Waals surface area contributed by atoms with E-state index in [1.807, 2.05) is 12.1 Å². The minimum absolute atomic E-state index is 0.125. The van der Waals surface area contributed by atoms with Crippen LogP contribution >= 0.6 is 11.6 Å². The summed E-state index contributed by atoms with van der Waals surface area (Å²) in [4.78, 5) is 2.81. The van der Waals surface area contributed by atoms with Crippen LogP contribution in [0.4, 0.5) is 0 Å². The van der Waals surface area contributed by atoms with E-state index in [2.05, 4.69) is 27.8 Å². The standard InChI is InChI=1S/C21H22ClN3O2S/c22-20-8-3-16(12-23)11-21(20)28(26)24-17-9-10-25(14-17)13-15-1-4-18(5-2-15)27-19-6-7-19/h1-5,8,11,17,19,24H,6-7,9-10,13-14H2/t17-,28?/m1/s1. The molecule has 1 heterocycles. The second-order valence-electron chi connectivity index (χ2n) is 7.33. The van der Waals surface area contributed by atoms with Gasteiger partial charge in [0, 0.05) is 25.7 Å². The fourth-order valence-corrected chi connectivity index (χ4v) is 4.74. The van der Waals surface area contributed by atoms with E-state index >= 15 is 0 Å². The normalized spacial score (nSPS) is 20.6. The van der Waals surface area contributed by atoms with E-state index in [0.29, 0.717) is 21.6 Å². The largest absolute Gasteiger partial charge is 0.490 e. The molecule has 146 valence electrons. The zero-order valence-corrected chi connectivity index (χ0v) is 17.0. The molecule has 2 aromatic carbocycles. The van der Waals surface area contributed by atoms with Crippen molar-refractivity contribution in [3.63, 3.8) is 0 Å². The van der Waals surface area contributed by atoms with Crippen molar-refractivity contribution >= 4 is 22.6 Å². The van der Waals surface area contributed by atoms with Gasteiger partial charge in [0.15, 0.2) is 0 Å². The number of nitrogens with one attached hydrogen (secondary N) is 1. The van der Waals surface area contributed by atoms with Crippen molar-refractivity contribution in [2.45, 2.75) is 42.8 Å². The number of halogens is 1. The molecule has 2 aliphatic rings. The molecule has 2 fully saturated rings. The average Bonchev–Trinajstić information content (AvgIpc) is 3.41. The molecule has 0 amide bonds. The van der Waals surface area contributed by atoms with Crippen molar-refractivity contribution in [1.82, 2.24) is 9.62 Å². The van der Waals surface area contributed by atoms with Gasteiger partial charge in [-0.05, 0) is 55.2 Å². The third-order valence-electron chi connectivity index (χ3n) is 4.96. The summed E-state index contributed by atoms with van der Waals surface area (Å²) in [5.74, 6) is 0.944. The van der Waals surface area contributed by atoms with E-state index in [4.69, 9.17) is 21.6 Å². The molecule has 0 spiro atoms. The van der Waals surface area contributed by atoms with Gasteiger partial charge in [0.05, 0.1) is 27.7 Å². The molecule has 5 nitrogen and oxygen atoms in total. The summed E-state index contributed by atoms with van der Waals surface area (Å²) < 4.78 is 21.6. The molecular formula is C21H22ClN3O2S. The molecule has 2 aromatic rings. The molecule has 1 aliphatic heterocycles. The van der Waals surface area contributed by atoms with E-state index in [9.17, 15) is 4.21 Å². The number of nitrogens with zero attached hydrogens (tertiary/aromatic N) is 2. The minimum Gasteiger partial charge on any atom is -0.490 e. The molecule has 4 rings (SSSR count). The highest BCUT2D eigenvalue weighted by Gasteiger charge is 2.25. The highest BCUT2D eigenvalue weighted by Crippen LogP contribution is 2.27. The van der Waals surface area contributed by atoms with Crippen LogP contribution in [0.3, 0.4) is 0 Å². The summed E-state index contributed by atoms with van der Waals surface area (Å²) in [7, 11) is -1.44. The van der Waals surface area contributed by atoms with E-state index in [1.165, 1.54) is 5.56 Å². The van der Waals surface area contributed by atoms with Crippen LogP contribution in [0.1, 0.15) is 30.4 Å². The van der Waals surface area contributed by atoms with E-state index < -0.39 is 11.0 Å². The smallest absolute Gasteiger partial charge is 0.126 e. The van der Waals surface area contributed by atoms with Crippen LogP contribution in [0.25, 0.3) is 0 Å². The molecule has 0 bridgehead atoms. The predicted octanol–water partition coefficient (Wildman–Crippen LogP) is 3.64. The van der Waals surface area contributed by atoms with Crippen LogP contribution in [0.5, 0.6) is 5.75 Å². The van der Waals surface area contributed by atoms with Gasteiger partial charge in [0.25, 0.3) is 0 Å². The Bertz CT molecular complexity index is 909. The maximum absolute atomic E-state index is 12.7. The first-order valence-electron chi connectivity index (χ1n) is 9.46. The average molecular weight is 416 g/mol. The first-order chi connectivity index (χ1) is 13.6. The summed E-state index contributed by atoms with van der Waals surface area (Å²) in [6, 6.07) is 15.3. The van der Waals surface area contributed by atoms with Gasteiger partial charge >= 0.3 is 0 Å². The quantitative estimate of drug-likeness (QED) is 0.749. The number of benzene rings is 2. The Labute approximate surface area is 172 Å². The lowest BCUT2D eigenvalue weighted by Crippen LogP contribution is -2.33. The Morgan fingerprint density at radius 3 is 2.71 bits per heavy atom. The molecule has 7 heteroatoms. The molecule has 1 N–H and O–H groups in total. The van der Waals surface area contributed by atoms with Gasteiger partial charge in [-0.3, -0.25) is 4.90 Å². The molecule has 1 saturated heterocycles. The zero-order chi connectivity index (χ0) is 19.5. The third-order valence-corrected chi connectivity index (χ3v) is 6.69. The second-order valence-corrected chi connectivity index (χ2v) is 8.95. The van der Waals surface area contributed by atoms with Gasteiger partial charge in [-0.15, -0.1) is 0 Å². The number of nitriles is 1. The maximum Gasteiger partial charge on any atom is 0.126 e. The first kappa shape index (κ1) is 19.4. The third kappa shape index (κ3) is 4.92. The monoisotopic (exact) mass is 415 g/mol. The topological polar surface area (TPSA) is 65.4 Å². The predicted molar refractivity (Wildman–Crippen MR) is 109 cm³/mol. The van der Waals surface area contributed by atoms with Crippen molar-refractivity contribution in [3.05, 3.63) is 58.6 Å². The summed E-state index contributed by atoms with van der Waals surface area (Å²) in [6.45, 7) is 2.63. The van der Waals surface area contributed by atoms with Crippen LogP contribution in [0.15, 0.2) is 47.4 Å². The van der Waals surface area contributed by atoms with E-state index in [-0.39, 0.29) is 6.04 Å². The van der Waals surface area contributed by atoms with Gasteiger partial charge in [0.1, 0.15) is 16.7 Å². The molecule has 1 aliphatic carbocycles. The minimum atomic E-state index is -1.44. The number of likely N-dealkylation sites (tertiary alicyclic amines) is 1. The Hall–Kier alpha value is -1.91. The molecule has 0 aromatic heterocycles. The van der Waals surface area contributed by atoms with Gasteiger partial charge < -0.3 is 4.74 Å². The van der Waals surface area contributed by atoms with Gasteiger partial charge in [-0.1, -0.05) is 23.7 Å². The second kappa shape index (κ2) is 8.62. The van der Waals surface area contributed by atoms with Crippen LogP contribution in [0, 0.1) is 11.3 Å². The molecule has 2 atom stereocenters. The molecule has 1 unspecified atom stereocenters. The van der Waals surface area contributed by atoms with Gasteiger partial charge in [-0.2, -0.15) is 5.26 Å². The van der Waals surface area contributed by atoms with Crippen molar-refractivity contribution in [2.75, 3.05) is 13.1 Å². The lowest BCUT2D eigenvalue weighted by atomic mass is 10.2. The Morgan fingerprint density at radius 2 is 2.00 bits per heavy atom. The summed E-state index contributed by atoms with van der Waals surface area (Å²) in [5, 5.41) is 9.44. The van der Waals surface area contributed by atoms with E-state index in [1.54, 1.807) is 18.2 Å². The highest BCUT2D eigenvalue weighted by molar-refractivity contribution is 7.83. The van der Waals surface area contributed by atoms with Crippen molar-refractivity contribution in [1.29, 1.82) is 5.26 Å². The summed E-state index contributed by atoms with van der Waals surface area (Å²) in [5.41, 5.74) is 1.70. The Morgan fingerprint density at radius 1 is 1.21 bits per heavy atom. The SMILES string of the molecule is N#Cc1ccc(Cl)c(S(=O)N[C@@H]2CCN(Cc3ccc(OC4CC4)cc3)C2)c1. The summed E-state index contributed by atoms with van der Waals surface area (Å²) in [6.07, 6.45) is 3.66. The number of hydrogen-bond acceptors (Lipinski definition) is 4. The number of hydrogen-bond donors (Lipinski definition) is 1. The lowest BCUT2D eigenvalue weighted by Gasteiger charge is -2.17. The Balaban J connectivity index is 1.30. The fraction of sp³-hybridized carbons (Fsp3) is 0.381. The number of ether oxygens (including phenoxy) is 1. The highest BCUT2D eigenvalue weighted by atomic mass is 35.5. The van der Waals surface area contributed by atoms with E-state index in [0.717, 1.165) is 44.6 Å². The van der Waals surface area contributed by atoms with Gasteiger partial charge in [0.2, 0.25) is 0 Å². The first-order valence-corrected chi connectivity index (χ1v) is 11.0. The molecular weight excluding hydrogens is 394 g/mol. The fourth-order valence-electron chi connectivity index (χ4n) is 3.31. The summed E-state index contributed by atoms with van der Waals surface area (Å²) >= 11 is 6.15. The zero-order valence-electron chi connectivity index (χ0n) is 15.4. The van der Waals surface area contributed by atoms with Crippen LogP contribution in [-0.4, -0.2) is 34.3 Å². The molecule has 28 heavy (non-hydrogen) atoms. The van der Waals surface area contributed by atoms with Crippen molar-refractivity contribution in [3.8, 4) is 11.8 Å². The van der Waals surface area contributed by atoms with Crippen LogP contribution in [-0.2, 0) is 17.5 Å². The number of rotatable bonds is 7.